The number of likely N-dealkylation sites (tertiary alicyclic amines) is 1. The maximum absolute atomic E-state index is 14.0. The average molecular weight is 246 g/mol. The van der Waals surface area contributed by atoms with Crippen LogP contribution in [0, 0.1) is 17.1 Å². The van der Waals surface area contributed by atoms with Crippen LogP contribution >= 0.6 is 0 Å². The van der Waals surface area contributed by atoms with E-state index in [0.717, 1.165) is 6.42 Å². The fraction of sp³-hybridized carbons (Fsp3) is 0.533. The van der Waals surface area contributed by atoms with Crippen LogP contribution in [0.1, 0.15) is 44.2 Å². The van der Waals surface area contributed by atoms with Gasteiger partial charge in [0.2, 0.25) is 0 Å². The van der Waals surface area contributed by atoms with E-state index in [2.05, 4.69) is 18.7 Å². The lowest BCUT2D eigenvalue weighted by Gasteiger charge is -2.27. The molecule has 0 saturated carbocycles. The van der Waals surface area contributed by atoms with E-state index in [1.165, 1.54) is 18.9 Å². The van der Waals surface area contributed by atoms with Crippen LogP contribution in [0.4, 0.5) is 4.39 Å². The van der Waals surface area contributed by atoms with Crippen molar-refractivity contribution in [2.45, 2.75) is 51.7 Å². The molecule has 2 rings (SSSR count). The first-order chi connectivity index (χ1) is 8.67. The molecule has 1 fully saturated rings. The Labute approximate surface area is 108 Å². The lowest BCUT2D eigenvalue weighted by molar-refractivity contribution is 0.187. The summed E-state index contributed by atoms with van der Waals surface area (Å²) in [6.45, 7) is 4.99. The lowest BCUT2D eigenvalue weighted by Crippen LogP contribution is -2.33. The molecule has 0 N–H and O–H groups in total. The molecule has 1 aromatic rings. The quantitative estimate of drug-likeness (QED) is 0.816. The molecule has 3 heteroatoms. The summed E-state index contributed by atoms with van der Waals surface area (Å²) in [6.07, 6.45) is 3.47. The van der Waals surface area contributed by atoms with Gasteiger partial charge >= 0.3 is 0 Å². The molecule has 1 heterocycles. The van der Waals surface area contributed by atoms with Gasteiger partial charge in [-0.15, -0.1) is 0 Å². The minimum atomic E-state index is -0.353. The van der Waals surface area contributed by atoms with Crippen LogP contribution in [0.3, 0.4) is 0 Å². The van der Waals surface area contributed by atoms with Crippen molar-refractivity contribution in [3.05, 3.63) is 35.1 Å². The van der Waals surface area contributed by atoms with Gasteiger partial charge in [0.15, 0.2) is 0 Å². The van der Waals surface area contributed by atoms with E-state index in [9.17, 15) is 4.39 Å². The van der Waals surface area contributed by atoms with Crippen molar-refractivity contribution in [1.82, 2.24) is 4.90 Å². The van der Waals surface area contributed by atoms with E-state index in [4.69, 9.17) is 5.26 Å². The van der Waals surface area contributed by atoms with Gasteiger partial charge in [0.1, 0.15) is 11.9 Å². The number of nitrogens with zero attached hydrogens (tertiary/aromatic N) is 2. The molecule has 1 aliphatic rings. The highest BCUT2D eigenvalue weighted by Gasteiger charge is 2.29. The summed E-state index contributed by atoms with van der Waals surface area (Å²) in [4.78, 5) is 2.36. The van der Waals surface area contributed by atoms with Crippen LogP contribution in [0.5, 0.6) is 0 Å². The maximum Gasteiger partial charge on any atom is 0.145 e. The molecule has 1 aliphatic heterocycles. The Morgan fingerprint density at radius 1 is 1.44 bits per heavy atom. The van der Waals surface area contributed by atoms with Crippen molar-refractivity contribution in [3.63, 3.8) is 0 Å². The molecular formula is C15H19FN2. The summed E-state index contributed by atoms with van der Waals surface area (Å²) in [5.41, 5.74) is 0.786. The molecule has 0 amide bonds. The number of nitriles is 1. The van der Waals surface area contributed by atoms with E-state index >= 15 is 0 Å². The normalized spacial score (nSPS) is 24.1. The number of halogens is 1. The monoisotopic (exact) mass is 246 g/mol. The van der Waals surface area contributed by atoms with Crippen molar-refractivity contribution in [1.29, 1.82) is 5.26 Å². The predicted octanol–water partition coefficient (Wildman–Crippen LogP) is 3.46. The Morgan fingerprint density at radius 2 is 2.22 bits per heavy atom. The molecule has 18 heavy (non-hydrogen) atoms. The van der Waals surface area contributed by atoms with Crippen molar-refractivity contribution >= 4 is 0 Å². The van der Waals surface area contributed by atoms with Gasteiger partial charge in [-0.3, -0.25) is 4.90 Å². The number of hydrogen-bond acceptors (Lipinski definition) is 2. The van der Waals surface area contributed by atoms with E-state index < -0.39 is 0 Å². The highest BCUT2D eigenvalue weighted by atomic mass is 19.1. The summed E-state index contributed by atoms with van der Waals surface area (Å²) in [5, 5.41) is 8.85. The predicted molar refractivity (Wildman–Crippen MR) is 69.4 cm³/mol. The van der Waals surface area contributed by atoms with Crippen LogP contribution < -0.4 is 0 Å². The molecule has 0 bridgehead atoms. The van der Waals surface area contributed by atoms with Gasteiger partial charge in [-0.1, -0.05) is 19.1 Å². The second-order valence-electron chi connectivity index (χ2n) is 5.05. The molecule has 0 aliphatic carbocycles. The largest absolute Gasteiger partial charge is 0.293 e. The molecule has 0 radical (unpaired) electrons. The zero-order chi connectivity index (χ0) is 13.1. The first-order valence-electron chi connectivity index (χ1n) is 6.60. The van der Waals surface area contributed by atoms with E-state index in [1.807, 2.05) is 6.07 Å². The molecule has 1 saturated heterocycles. The fourth-order valence-corrected chi connectivity index (χ4v) is 2.83. The summed E-state index contributed by atoms with van der Waals surface area (Å²) >= 11 is 0. The fourth-order valence-electron chi connectivity index (χ4n) is 2.83. The molecule has 2 unspecified atom stereocenters. The Morgan fingerprint density at radius 3 is 2.89 bits per heavy atom. The zero-order valence-corrected chi connectivity index (χ0v) is 11.0. The van der Waals surface area contributed by atoms with Gasteiger partial charge in [0, 0.05) is 24.2 Å². The molecule has 2 atom stereocenters. The van der Waals surface area contributed by atoms with E-state index in [0.29, 0.717) is 24.2 Å². The van der Waals surface area contributed by atoms with Crippen molar-refractivity contribution < 1.29 is 4.39 Å². The third-order valence-electron chi connectivity index (χ3n) is 3.98. The number of hydrogen-bond donors (Lipinski definition) is 0. The Balaban J connectivity index is 2.21. The second kappa shape index (κ2) is 5.49. The van der Waals surface area contributed by atoms with Crippen LogP contribution in [0.25, 0.3) is 0 Å². The summed E-state index contributed by atoms with van der Waals surface area (Å²) in [6, 6.07) is 8.03. The van der Waals surface area contributed by atoms with Crippen LogP contribution in [-0.2, 0) is 6.54 Å². The first-order valence-corrected chi connectivity index (χ1v) is 6.60. The van der Waals surface area contributed by atoms with Gasteiger partial charge < -0.3 is 0 Å². The minimum absolute atomic E-state index is 0.146. The van der Waals surface area contributed by atoms with Crippen molar-refractivity contribution in [3.8, 4) is 6.07 Å². The topological polar surface area (TPSA) is 27.0 Å². The molecule has 1 aromatic carbocycles. The Bertz CT molecular complexity index is 464. The van der Waals surface area contributed by atoms with Gasteiger partial charge in [0.25, 0.3) is 0 Å². The third-order valence-corrected chi connectivity index (χ3v) is 3.98. The maximum atomic E-state index is 14.0. The third kappa shape index (κ3) is 2.39. The minimum Gasteiger partial charge on any atom is -0.293 e. The van der Waals surface area contributed by atoms with Crippen LogP contribution in [0.15, 0.2) is 18.2 Å². The van der Waals surface area contributed by atoms with Crippen LogP contribution in [0.2, 0.25) is 0 Å². The van der Waals surface area contributed by atoms with Crippen LogP contribution in [-0.4, -0.2) is 17.0 Å². The number of benzene rings is 1. The standard InChI is InChI=1S/C15H19FN2/c1-3-14-8-7-11(2)18(14)10-13-6-4-5-12(9-17)15(13)16/h4-6,11,14H,3,7-8,10H2,1-2H3. The molecule has 0 spiro atoms. The Kier molecular flexibility index (Phi) is 3.98. The number of rotatable bonds is 3. The smallest absolute Gasteiger partial charge is 0.145 e. The lowest BCUT2D eigenvalue weighted by atomic mass is 10.1. The molecular weight excluding hydrogens is 227 g/mol. The SMILES string of the molecule is CCC1CCC(C)N1Cc1cccc(C#N)c1F. The van der Waals surface area contributed by atoms with E-state index in [1.54, 1.807) is 12.1 Å². The molecule has 0 aromatic heterocycles. The average Bonchev–Trinajstić information content (AvgIpc) is 2.73. The highest BCUT2D eigenvalue weighted by Crippen LogP contribution is 2.28. The highest BCUT2D eigenvalue weighted by molar-refractivity contribution is 5.35. The van der Waals surface area contributed by atoms with Gasteiger partial charge in [-0.2, -0.15) is 5.26 Å². The van der Waals surface area contributed by atoms with Crippen molar-refractivity contribution in [2.24, 2.45) is 0 Å². The zero-order valence-electron chi connectivity index (χ0n) is 11.0. The molecule has 2 nitrogen and oxygen atoms in total. The van der Waals surface area contributed by atoms with E-state index in [-0.39, 0.29) is 11.4 Å². The summed E-state index contributed by atoms with van der Waals surface area (Å²) < 4.78 is 14.0. The second-order valence-corrected chi connectivity index (χ2v) is 5.05. The molecule has 96 valence electrons. The first kappa shape index (κ1) is 13.0. The Hall–Kier alpha value is -1.40. The van der Waals surface area contributed by atoms with Gasteiger partial charge in [-0.25, -0.2) is 4.39 Å². The summed E-state index contributed by atoms with van der Waals surface area (Å²) in [5.74, 6) is -0.353. The van der Waals surface area contributed by atoms with Crippen molar-refractivity contribution in [2.75, 3.05) is 0 Å². The summed E-state index contributed by atoms with van der Waals surface area (Å²) in [7, 11) is 0. The van der Waals surface area contributed by atoms with Gasteiger partial charge in [0.05, 0.1) is 5.56 Å². The van der Waals surface area contributed by atoms with Gasteiger partial charge in [-0.05, 0) is 32.3 Å².